The SMILES string of the molecule is COc1ccc(C(=O)COC(=O)[C@@H](NC(=O)c2ccc(Br)cc2)C(C)C)cc1. The second kappa shape index (κ2) is 10.0. The van der Waals surface area contributed by atoms with Crippen molar-refractivity contribution in [1.29, 1.82) is 0 Å². The molecule has 7 heteroatoms. The van der Waals surface area contributed by atoms with Gasteiger partial charge in [-0.1, -0.05) is 29.8 Å². The van der Waals surface area contributed by atoms with Gasteiger partial charge in [0.1, 0.15) is 11.8 Å². The second-order valence-electron chi connectivity index (χ2n) is 6.46. The van der Waals surface area contributed by atoms with Crippen LogP contribution in [0.1, 0.15) is 34.6 Å². The topological polar surface area (TPSA) is 81.7 Å². The predicted octanol–water partition coefficient (Wildman–Crippen LogP) is 3.64. The number of ketones is 1. The summed E-state index contributed by atoms with van der Waals surface area (Å²) in [5, 5.41) is 2.67. The molecular formula is C21H22BrNO5. The molecule has 2 aromatic rings. The number of nitrogens with one attached hydrogen (secondary N) is 1. The first-order chi connectivity index (χ1) is 13.3. The van der Waals surface area contributed by atoms with Gasteiger partial charge in [0.05, 0.1) is 7.11 Å². The van der Waals surface area contributed by atoms with E-state index >= 15 is 0 Å². The minimum absolute atomic E-state index is 0.206. The predicted molar refractivity (Wildman–Crippen MR) is 109 cm³/mol. The zero-order chi connectivity index (χ0) is 20.7. The van der Waals surface area contributed by atoms with Crippen LogP contribution in [-0.2, 0) is 9.53 Å². The van der Waals surface area contributed by atoms with Crippen LogP contribution in [0.3, 0.4) is 0 Å². The summed E-state index contributed by atoms with van der Waals surface area (Å²) >= 11 is 3.31. The number of hydrogen-bond acceptors (Lipinski definition) is 5. The first-order valence-electron chi connectivity index (χ1n) is 8.72. The van der Waals surface area contributed by atoms with Gasteiger partial charge in [0.15, 0.2) is 12.4 Å². The smallest absolute Gasteiger partial charge is 0.329 e. The Hall–Kier alpha value is -2.67. The van der Waals surface area contributed by atoms with Crippen LogP contribution < -0.4 is 10.1 Å². The van der Waals surface area contributed by atoms with Crippen molar-refractivity contribution in [2.45, 2.75) is 19.9 Å². The highest BCUT2D eigenvalue weighted by atomic mass is 79.9. The molecule has 1 amide bonds. The minimum Gasteiger partial charge on any atom is -0.497 e. The molecule has 6 nitrogen and oxygen atoms in total. The molecule has 148 valence electrons. The number of esters is 1. The zero-order valence-corrected chi connectivity index (χ0v) is 17.5. The van der Waals surface area contributed by atoms with Gasteiger partial charge in [0, 0.05) is 15.6 Å². The highest BCUT2D eigenvalue weighted by molar-refractivity contribution is 9.10. The van der Waals surface area contributed by atoms with Crippen LogP contribution in [0.4, 0.5) is 0 Å². The van der Waals surface area contributed by atoms with Crippen LogP contribution in [-0.4, -0.2) is 37.4 Å². The molecule has 0 fully saturated rings. The van der Waals surface area contributed by atoms with Crippen LogP contribution in [0.5, 0.6) is 5.75 Å². The normalized spacial score (nSPS) is 11.6. The van der Waals surface area contributed by atoms with Crippen LogP contribution in [0, 0.1) is 5.92 Å². The minimum atomic E-state index is -0.861. The van der Waals surface area contributed by atoms with Gasteiger partial charge in [-0.3, -0.25) is 9.59 Å². The molecule has 28 heavy (non-hydrogen) atoms. The second-order valence-corrected chi connectivity index (χ2v) is 7.38. The van der Waals surface area contributed by atoms with E-state index in [9.17, 15) is 14.4 Å². The molecule has 0 saturated heterocycles. The highest BCUT2D eigenvalue weighted by Gasteiger charge is 2.27. The first kappa shape index (κ1) is 21.6. The van der Waals surface area contributed by atoms with E-state index in [2.05, 4.69) is 21.2 Å². The molecule has 1 N–H and O–H groups in total. The molecule has 0 aliphatic rings. The zero-order valence-electron chi connectivity index (χ0n) is 15.9. The molecule has 0 unspecified atom stereocenters. The van der Waals surface area contributed by atoms with E-state index in [1.54, 1.807) is 62.4 Å². The third-order valence-electron chi connectivity index (χ3n) is 4.07. The summed E-state index contributed by atoms with van der Waals surface area (Å²) < 4.78 is 11.0. The van der Waals surface area contributed by atoms with Gasteiger partial charge in [-0.05, 0) is 54.4 Å². The van der Waals surface area contributed by atoms with E-state index in [0.29, 0.717) is 16.9 Å². The molecule has 0 bridgehead atoms. The van der Waals surface area contributed by atoms with Crippen molar-refractivity contribution >= 4 is 33.6 Å². The van der Waals surface area contributed by atoms with Crippen LogP contribution >= 0.6 is 15.9 Å². The Morgan fingerprint density at radius 1 is 0.964 bits per heavy atom. The molecule has 0 aromatic heterocycles. The average molecular weight is 448 g/mol. The number of benzene rings is 2. The molecule has 0 saturated carbocycles. The molecule has 2 rings (SSSR count). The van der Waals surface area contributed by atoms with Crippen molar-refractivity contribution in [3.8, 4) is 5.75 Å². The third-order valence-corrected chi connectivity index (χ3v) is 4.60. The molecular weight excluding hydrogens is 426 g/mol. The fraction of sp³-hybridized carbons (Fsp3) is 0.286. The number of carbonyl (C=O) groups is 3. The van der Waals surface area contributed by atoms with Crippen molar-refractivity contribution in [3.05, 3.63) is 64.1 Å². The lowest BCUT2D eigenvalue weighted by Crippen LogP contribution is -2.45. The number of hydrogen-bond donors (Lipinski definition) is 1. The van der Waals surface area contributed by atoms with Crippen LogP contribution in [0.15, 0.2) is 53.0 Å². The van der Waals surface area contributed by atoms with E-state index in [0.717, 1.165) is 4.47 Å². The van der Waals surface area contributed by atoms with Crippen molar-refractivity contribution in [2.75, 3.05) is 13.7 Å². The van der Waals surface area contributed by atoms with Gasteiger partial charge in [-0.25, -0.2) is 4.79 Å². The molecule has 0 aliphatic carbocycles. The number of methoxy groups -OCH3 is 1. The van der Waals surface area contributed by atoms with E-state index in [1.165, 1.54) is 7.11 Å². The summed E-state index contributed by atoms with van der Waals surface area (Å²) in [7, 11) is 1.53. The Balaban J connectivity index is 1.97. The number of rotatable bonds is 8. The summed E-state index contributed by atoms with van der Waals surface area (Å²) in [6, 6.07) is 12.4. The summed E-state index contributed by atoms with van der Waals surface area (Å²) in [5.74, 6) is -0.947. The molecule has 0 spiro atoms. The van der Waals surface area contributed by atoms with Crippen molar-refractivity contribution in [1.82, 2.24) is 5.32 Å². The molecule has 2 aromatic carbocycles. The van der Waals surface area contributed by atoms with E-state index < -0.39 is 18.6 Å². The van der Waals surface area contributed by atoms with Gasteiger partial charge in [-0.2, -0.15) is 0 Å². The fourth-order valence-corrected chi connectivity index (χ4v) is 2.67. The van der Waals surface area contributed by atoms with Crippen molar-refractivity contribution in [2.24, 2.45) is 5.92 Å². The Bertz CT molecular complexity index is 831. The van der Waals surface area contributed by atoms with Gasteiger partial charge in [0.25, 0.3) is 5.91 Å². The monoisotopic (exact) mass is 447 g/mol. The highest BCUT2D eigenvalue weighted by Crippen LogP contribution is 2.13. The number of Topliss-reactive ketones (excluding diaryl/α,β-unsaturated/α-hetero) is 1. The average Bonchev–Trinajstić information content (AvgIpc) is 2.70. The molecule has 0 heterocycles. The largest absolute Gasteiger partial charge is 0.497 e. The third kappa shape index (κ3) is 5.92. The lowest BCUT2D eigenvalue weighted by molar-refractivity contribution is -0.145. The van der Waals surface area contributed by atoms with Crippen LogP contribution in [0.2, 0.25) is 0 Å². The molecule has 1 atom stereocenters. The van der Waals surface area contributed by atoms with E-state index in [4.69, 9.17) is 9.47 Å². The number of ether oxygens (including phenoxy) is 2. The van der Waals surface area contributed by atoms with Crippen molar-refractivity contribution < 1.29 is 23.9 Å². The van der Waals surface area contributed by atoms with Gasteiger partial charge < -0.3 is 14.8 Å². The maximum atomic E-state index is 12.4. The quantitative estimate of drug-likeness (QED) is 0.493. The maximum Gasteiger partial charge on any atom is 0.329 e. The summed E-state index contributed by atoms with van der Waals surface area (Å²) in [5.41, 5.74) is 0.838. The Morgan fingerprint density at radius 3 is 2.07 bits per heavy atom. The molecule has 0 radical (unpaired) electrons. The van der Waals surface area contributed by atoms with Crippen LogP contribution in [0.25, 0.3) is 0 Å². The van der Waals surface area contributed by atoms with Gasteiger partial charge in [0.2, 0.25) is 0 Å². The lowest BCUT2D eigenvalue weighted by atomic mass is 10.0. The Kier molecular flexibility index (Phi) is 7.75. The summed E-state index contributed by atoms with van der Waals surface area (Å²) in [6.07, 6.45) is 0. The summed E-state index contributed by atoms with van der Waals surface area (Å²) in [6.45, 7) is 3.18. The maximum absolute atomic E-state index is 12.4. The Morgan fingerprint density at radius 2 is 1.54 bits per heavy atom. The first-order valence-corrected chi connectivity index (χ1v) is 9.51. The van der Waals surface area contributed by atoms with E-state index in [1.807, 2.05) is 0 Å². The number of amides is 1. The number of carbonyl (C=O) groups excluding carboxylic acids is 3. The summed E-state index contributed by atoms with van der Waals surface area (Å²) in [4.78, 5) is 37.0. The van der Waals surface area contributed by atoms with Crippen molar-refractivity contribution in [3.63, 3.8) is 0 Å². The fourth-order valence-electron chi connectivity index (χ4n) is 2.41. The Labute approximate surface area is 172 Å². The van der Waals surface area contributed by atoms with Gasteiger partial charge in [-0.15, -0.1) is 0 Å². The van der Waals surface area contributed by atoms with E-state index in [-0.39, 0.29) is 17.6 Å². The standard InChI is InChI=1S/C21H22BrNO5/c1-13(2)19(23-20(25)15-4-8-16(22)9-5-15)21(26)28-12-18(24)14-6-10-17(27-3)11-7-14/h4-11,13,19H,12H2,1-3H3,(H,23,25)/t19-/m0/s1. The molecule has 0 aliphatic heterocycles. The number of halogens is 1. The lowest BCUT2D eigenvalue weighted by Gasteiger charge is -2.20. The van der Waals surface area contributed by atoms with Gasteiger partial charge >= 0.3 is 5.97 Å².